The zero-order chi connectivity index (χ0) is 26.2. The molecule has 208 valence electrons. The first kappa shape index (κ1) is 31.3. The molecule has 0 unspecified atom stereocenters. The molecule has 0 saturated heterocycles. The van der Waals surface area contributed by atoms with Crippen LogP contribution in [0.1, 0.15) is 133 Å². The molecule has 2 aromatic rings. The third kappa shape index (κ3) is 17.2. The molecule has 0 aliphatic carbocycles. The van der Waals surface area contributed by atoms with Crippen molar-refractivity contribution in [3.8, 4) is 0 Å². The van der Waals surface area contributed by atoms with Crippen molar-refractivity contribution in [2.24, 2.45) is 0 Å². The van der Waals surface area contributed by atoms with Gasteiger partial charge in [-0.3, -0.25) is 0 Å². The van der Waals surface area contributed by atoms with Crippen LogP contribution in [0.4, 0.5) is 0 Å². The third-order valence-electron chi connectivity index (χ3n) is 7.51. The summed E-state index contributed by atoms with van der Waals surface area (Å²) in [6.07, 6.45) is 34.9. The Labute approximate surface area is 227 Å². The van der Waals surface area contributed by atoms with Crippen LogP contribution >= 0.6 is 0 Å². The summed E-state index contributed by atoms with van der Waals surface area (Å²) in [6.45, 7) is 1.50. The Hall–Kier alpha value is -1.94. The summed E-state index contributed by atoms with van der Waals surface area (Å²) in [5, 5.41) is 20.1. The Kier molecular flexibility index (Phi) is 18.7. The monoisotopic (exact) mass is 511 g/mol. The molecule has 0 saturated carbocycles. The predicted molar refractivity (Wildman–Crippen MR) is 154 cm³/mol. The summed E-state index contributed by atoms with van der Waals surface area (Å²) < 4.78 is 3.30. The molecule has 37 heavy (non-hydrogen) atoms. The molecule has 2 rings (SSSR count). The second kappa shape index (κ2) is 22.1. The molecule has 0 bridgehead atoms. The third-order valence-corrected chi connectivity index (χ3v) is 7.51. The fourth-order valence-electron chi connectivity index (χ4n) is 5.23. The zero-order valence-corrected chi connectivity index (χ0v) is 23.6. The van der Waals surface area contributed by atoms with E-state index in [1.165, 1.54) is 128 Å². The van der Waals surface area contributed by atoms with E-state index in [-0.39, 0.29) is 0 Å². The van der Waals surface area contributed by atoms with Crippen LogP contribution in [0.5, 0.6) is 0 Å². The lowest BCUT2D eigenvalue weighted by Crippen LogP contribution is -2.33. The number of unbranched alkanes of at least 4 members (excludes halogenated alkanes) is 17. The van der Waals surface area contributed by atoms with E-state index in [9.17, 15) is 5.21 Å². The highest BCUT2D eigenvalue weighted by molar-refractivity contribution is 5.05. The van der Waals surface area contributed by atoms with Crippen LogP contribution in [0, 0.1) is 5.21 Å². The van der Waals surface area contributed by atoms with Crippen LogP contribution in [0.3, 0.4) is 0 Å². The topological polar surface area (TPSA) is 51.0 Å². The van der Waals surface area contributed by atoms with Gasteiger partial charge in [0.2, 0.25) is 0 Å². The van der Waals surface area contributed by atoms with Gasteiger partial charge in [0, 0.05) is 36.3 Å². The lowest BCUT2D eigenvalue weighted by molar-refractivity contribution is -0.697. The Morgan fingerprint density at radius 2 is 0.946 bits per heavy atom. The lowest BCUT2D eigenvalue weighted by atomic mass is 10.0. The Morgan fingerprint density at radius 1 is 0.514 bits per heavy atom. The van der Waals surface area contributed by atoms with Crippen LogP contribution in [0.2, 0.25) is 0 Å². The van der Waals surface area contributed by atoms with Crippen molar-refractivity contribution in [3.05, 3.63) is 65.4 Å². The number of pyridine rings is 2. The molecular weight excluding hydrogens is 456 g/mol. The first-order valence-electron chi connectivity index (χ1n) is 15.5. The van der Waals surface area contributed by atoms with Crippen LogP contribution < -0.4 is 9.30 Å². The molecule has 0 spiro atoms. The van der Waals surface area contributed by atoms with Crippen molar-refractivity contribution in [1.82, 2.24) is 0 Å². The molecule has 1 N–H and O–H groups in total. The van der Waals surface area contributed by atoms with E-state index in [4.69, 9.17) is 5.11 Å². The molecule has 0 aliphatic rings. The highest BCUT2D eigenvalue weighted by Gasteiger charge is 2.04. The first-order chi connectivity index (χ1) is 18.3. The molecule has 2 heterocycles. The van der Waals surface area contributed by atoms with Crippen molar-refractivity contribution < 1.29 is 14.4 Å². The van der Waals surface area contributed by atoms with Gasteiger partial charge in [-0.25, -0.2) is 4.57 Å². The average Bonchev–Trinajstić information content (AvgIpc) is 2.90. The number of aliphatic hydroxyl groups is 1. The van der Waals surface area contributed by atoms with E-state index in [0.29, 0.717) is 6.61 Å². The number of aryl methyl sites for hydroxylation is 3. The standard InChI is InChI=1S/C33H55N2O2/c36-29-19-15-11-7-2-1-4-8-12-16-22-32-24-20-27-34(30-32)26-18-14-10-6-3-5-9-13-17-23-33-25-21-28-35(37)31-33/h20-21,24-25,27-28,30-31,36H,1-19,22-23,26,29H2/q+1. The summed E-state index contributed by atoms with van der Waals surface area (Å²) in [7, 11) is 0. The van der Waals surface area contributed by atoms with Gasteiger partial charge >= 0.3 is 0 Å². The maximum Gasteiger partial charge on any atom is 0.183 e. The van der Waals surface area contributed by atoms with Crippen molar-refractivity contribution in [2.75, 3.05) is 6.61 Å². The van der Waals surface area contributed by atoms with Gasteiger partial charge in [0.1, 0.15) is 6.54 Å². The van der Waals surface area contributed by atoms with Crippen molar-refractivity contribution in [2.45, 2.75) is 141 Å². The Morgan fingerprint density at radius 3 is 1.46 bits per heavy atom. The molecule has 4 nitrogen and oxygen atoms in total. The number of aliphatic hydroxyl groups excluding tert-OH is 1. The lowest BCUT2D eigenvalue weighted by Gasteiger charge is -2.04. The zero-order valence-electron chi connectivity index (χ0n) is 23.6. The minimum atomic E-state index is 0.353. The highest BCUT2D eigenvalue weighted by Crippen LogP contribution is 2.13. The predicted octanol–water partition coefficient (Wildman–Crippen LogP) is 7.80. The largest absolute Gasteiger partial charge is 0.619 e. The average molecular weight is 512 g/mol. The first-order valence-corrected chi connectivity index (χ1v) is 15.5. The fourth-order valence-corrected chi connectivity index (χ4v) is 5.23. The Balaban J connectivity index is 1.38. The molecule has 0 aromatic carbocycles. The van der Waals surface area contributed by atoms with Gasteiger partial charge < -0.3 is 10.3 Å². The van der Waals surface area contributed by atoms with Crippen molar-refractivity contribution in [3.63, 3.8) is 0 Å². The quantitative estimate of drug-likeness (QED) is 0.0888. The fraction of sp³-hybridized carbons (Fsp3) is 0.697. The van der Waals surface area contributed by atoms with E-state index in [2.05, 4.69) is 35.2 Å². The second-order valence-corrected chi connectivity index (χ2v) is 11.0. The molecule has 4 heteroatoms. The summed E-state index contributed by atoms with van der Waals surface area (Å²) in [5.74, 6) is 0. The van der Waals surface area contributed by atoms with Gasteiger partial charge in [-0.1, -0.05) is 89.9 Å². The summed E-state index contributed by atoms with van der Waals surface area (Å²) in [4.78, 5) is 0. The van der Waals surface area contributed by atoms with Crippen LogP contribution in [-0.4, -0.2) is 11.7 Å². The summed E-state index contributed by atoms with van der Waals surface area (Å²) in [5.41, 5.74) is 2.65. The number of hydrogen-bond donors (Lipinski definition) is 1. The summed E-state index contributed by atoms with van der Waals surface area (Å²) in [6, 6.07) is 8.41. The van der Waals surface area contributed by atoms with Crippen molar-refractivity contribution >= 4 is 0 Å². The number of hydrogen-bond acceptors (Lipinski definition) is 2. The minimum absolute atomic E-state index is 0.353. The summed E-state index contributed by atoms with van der Waals surface area (Å²) >= 11 is 0. The van der Waals surface area contributed by atoms with E-state index < -0.39 is 0 Å². The minimum Gasteiger partial charge on any atom is -0.619 e. The highest BCUT2D eigenvalue weighted by atomic mass is 16.5. The molecular formula is C33H55N2O2+. The maximum absolute atomic E-state index is 11.3. The van der Waals surface area contributed by atoms with E-state index in [1.54, 1.807) is 12.4 Å². The van der Waals surface area contributed by atoms with Gasteiger partial charge in [0.15, 0.2) is 24.8 Å². The van der Waals surface area contributed by atoms with Gasteiger partial charge in [-0.15, -0.1) is 0 Å². The number of rotatable bonds is 24. The van der Waals surface area contributed by atoms with Crippen LogP contribution in [-0.2, 0) is 19.4 Å². The van der Waals surface area contributed by atoms with Gasteiger partial charge in [0.05, 0.1) is 0 Å². The van der Waals surface area contributed by atoms with E-state index >= 15 is 0 Å². The Bertz CT molecular complexity index is 795. The van der Waals surface area contributed by atoms with Crippen molar-refractivity contribution in [1.29, 1.82) is 0 Å². The normalized spacial score (nSPS) is 11.3. The van der Waals surface area contributed by atoms with Gasteiger partial charge in [-0.05, 0) is 50.7 Å². The number of aromatic nitrogens is 2. The van der Waals surface area contributed by atoms with Crippen LogP contribution in [0.25, 0.3) is 0 Å². The van der Waals surface area contributed by atoms with Gasteiger partial charge in [-0.2, -0.15) is 4.73 Å². The molecule has 0 fully saturated rings. The molecule has 0 amide bonds. The smallest absolute Gasteiger partial charge is 0.183 e. The van der Waals surface area contributed by atoms with Gasteiger partial charge in [0.25, 0.3) is 0 Å². The molecule has 0 atom stereocenters. The SMILES string of the molecule is [O-][n+]1cccc(CCCCCCCCCCC[n+]2cccc(CCCCCCCCCCCCO)c2)c1. The van der Waals surface area contributed by atoms with Crippen LogP contribution in [0.15, 0.2) is 49.1 Å². The molecule has 2 aromatic heterocycles. The molecule has 0 radical (unpaired) electrons. The second-order valence-electron chi connectivity index (χ2n) is 11.0. The molecule has 0 aliphatic heterocycles. The van der Waals surface area contributed by atoms with E-state index in [0.717, 1.165) is 29.7 Å². The maximum atomic E-state index is 11.3. The number of nitrogens with zero attached hydrogens (tertiary/aromatic N) is 2. The van der Waals surface area contributed by atoms with E-state index in [1.807, 2.05) is 6.07 Å².